The highest BCUT2D eigenvalue weighted by atomic mass is 16.2. The maximum atomic E-state index is 10.6. The molecule has 0 aromatic heterocycles. The van der Waals surface area contributed by atoms with Gasteiger partial charge in [-0.3, -0.25) is 4.79 Å². The van der Waals surface area contributed by atoms with Crippen LogP contribution in [0, 0.1) is 5.92 Å². The molecule has 44 valence electrons. The lowest BCUT2D eigenvalue weighted by Crippen LogP contribution is -2.54. The van der Waals surface area contributed by atoms with Crippen molar-refractivity contribution in [2.45, 2.75) is 25.3 Å². The molecule has 2 fully saturated rings. The lowest BCUT2D eigenvalue weighted by atomic mass is 9.95. The minimum Gasteiger partial charge on any atom is -0.352 e. The van der Waals surface area contributed by atoms with Gasteiger partial charge >= 0.3 is 0 Å². The van der Waals surface area contributed by atoms with Crippen molar-refractivity contribution in [1.82, 2.24) is 5.32 Å². The zero-order valence-corrected chi connectivity index (χ0v) is 4.68. The maximum Gasteiger partial charge on any atom is 0.225 e. The van der Waals surface area contributed by atoms with Crippen molar-refractivity contribution in [3.63, 3.8) is 0 Å². The number of nitrogens with one attached hydrogen (secondary N) is 1. The summed E-state index contributed by atoms with van der Waals surface area (Å²) in [6, 6.07) is 0.572. The second-order valence-electron chi connectivity index (χ2n) is 2.65. The molecule has 2 nitrogen and oxygen atoms in total. The van der Waals surface area contributed by atoms with Gasteiger partial charge in [0.1, 0.15) is 0 Å². The number of fused-ring (bicyclic) bond motifs is 1. The van der Waals surface area contributed by atoms with Gasteiger partial charge in [0.05, 0.1) is 5.92 Å². The molecule has 1 saturated heterocycles. The smallest absolute Gasteiger partial charge is 0.225 e. The van der Waals surface area contributed by atoms with E-state index in [1.165, 1.54) is 12.8 Å². The maximum absolute atomic E-state index is 10.6. The van der Waals surface area contributed by atoms with Gasteiger partial charge in [-0.25, -0.2) is 0 Å². The number of amides is 1. The third-order valence-corrected chi connectivity index (χ3v) is 2.18. The van der Waals surface area contributed by atoms with Crippen LogP contribution >= 0.6 is 0 Å². The van der Waals surface area contributed by atoms with Gasteiger partial charge in [-0.1, -0.05) is 6.42 Å². The van der Waals surface area contributed by atoms with Crippen LogP contribution in [0.4, 0.5) is 0 Å². The van der Waals surface area contributed by atoms with Crippen LogP contribution in [0.1, 0.15) is 19.3 Å². The molecule has 2 aliphatic rings. The zero-order chi connectivity index (χ0) is 5.56. The molecule has 0 radical (unpaired) electrons. The van der Waals surface area contributed by atoms with Gasteiger partial charge in [-0.2, -0.15) is 0 Å². The molecule has 1 N–H and O–H groups in total. The number of carbonyl (C=O) groups is 1. The quantitative estimate of drug-likeness (QED) is 0.447. The summed E-state index contributed by atoms with van der Waals surface area (Å²) in [6.07, 6.45) is 3.60. The van der Waals surface area contributed by atoms with E-state index < -0.39 is 0 Å². The average Bonchev–Trinajstić information content (AvgIpc) is 2.09. The van der Waals surface area contributed by atoms with E-state index in [4.69, 9.17) is 0 Å². The summed E-state index contributed by atoms with van der Waals surface area (Å²) in [6.45, 7) is 0. The van der Waals surface area contributed by atoms with E-state index in [9.17, 15) is 4.79 Å². The first-order valence-corrected chi connectivity index (χ1v) is 3.18. The molecule has 8 heavy (non-hydrogen) atoms. The number of carbonyl (C=O) groups excluding carboxylic acids is 1. The Labute approximate surface area is 48.3 Å². The molecule has 1 saturated carbocycles. The summed E-state index contributed by atoms with van der Waals surface area (Å²) in [5.41, 5.74) is 0. The van der Waals surface area contributed by atoms with Crippen LogP contribution < -0.4 is 5.32 Å². The van der Waals surface area contributed by atoms with Crippen molar-refractivity contribution in [1.29, 1.82) is 0 Å². The summed E-state index contributed by atoms with van der Waals surface area (Å²) >= 11 is 0. The van der Waals surface area contributed by atoms with Gasteiger partial charge in [0.15, 0.2) is 0 Å². The number of β-lactam (4-membered cyclic amide) rings is 1. The van der Waals surface area contributed by atoms with E-state index in [2.05, 4.69) is 5.32 Å². The van der Waals surface area contributed by atoms with E-state index in [-0.39, 0.29) is 5.91 Å². The molecule has 2 rings (SSSR count). The Hall–Kier alpha value is -0.530. The molecule has 1 aliphatic heterocycles. The molecule has 1 heterocycles. The van der Waals surface area contributed by atoms with Gasteiger partial charge in [0.25, 0.3) is 0 Å². The zero-order valence-electron chi connectivity index (χ0n) is 4.68. The molecule has 0 unspecified atom stereocenters. The SMILES string of the molecule is O=C1N[C@@H]2CCC[C@H]12. The highest BCUT2D eigenvalue weighted by molar-refractivity contribution is 5.86. The van der Waals surface area contributed by atoms with Crippen LogP contribution in [-0.2, 0) is 4.79 Å². The van der Waals surface area contributed by atoms with Crippen LogP contribution in [0.2, 0.25) is 0 Å². The first-order chi connectivity index (χ1) is 3.88. The van der Waals surface area contributed by atoms with Gasteiger partial charge in [-0.15, -0.1) is 0 Å². The van der Waals surface area contributed by atoms with Crippen molar-refractivity contribution in [2.75, 3.05) is 0 Å². The molecule has 0 spiro atoms. The fourth-order valence-corrected chi connectivity index (χ4v) is 1.64. The molecule has 2 atom stereocenters. The largest absolute Gasteiger partial charge is 0.352 e. The van der Waals surface area contributed by atoms with Crippen molar-refractivity contribution in [3.05, 3.63) is 0 Å². The summed E-state index contributed by atoms with van der Waals surface area (Å²) in [4.78, 5) is 10.6. The molecular weight excluding hydrogens is 102 g/mol. The van der Waals surface area contributed by atoms with E-state index in [1.54, 1.807) is 0 Å². The third kappa shape index (κ3) is 0.358. The summed E-state index contributed by atoms with van der Waals surface area (Å²) in [7, 11) is 0. The molecular formula is C6H9NO. The first-order valence-electron chi connectivity index (χ1n) is 3.18. The monoisotopic (exact) mass is 111 g/mol. The first kappa shape index (κ1) is 4.36. The Kier molecular flexibility index (Phi) is 0.678. The summed E-state index contributed by atoms with van der Waals surface area (Å²) < 4.78 is 0. The summed E-state index contributed by atoms with van der Waals surface area (Å²) in [5.74, 6) is 0.697. The topological polar surface area (TPSA) is 29.1 Å². The normalized spacial score (nSPS) is 42.8. The van der Waals surface area contributed by atoms with Crippen LogP contribution in [-0.4, -0.2) is 11.9 Å². The van der Waals surface area contributed by atoms with Crippen molar-refractivity contribution in [3.8, 4) is 0 Å². The lowest BCUT2D eigenvalue weighted by molar-refractivity contribution is -0.133. The van der Waals surface area contributed by atoms with Crippen LogP contribution in [0.5, 0.6) is 0 Å². The fourth-order valence-electron chi connectivity index (χ4n) is 1.64. The van der Waals surface area contributed by atoms with Crippen molar-refractivity contribution in [2.24, 2.45) is 5.92 Å². The minimum absolute atomic E-state index is 0.285. The Bertz CT molecular complexity index is 132. The van der Waals surface area contributed by atoms with Gasteiger partial charge in [-0.05, 0) is 12.8 Å². The highest BCUT2D eigenvalue weighted by Gasteiger charge is 2.41. The molecule has 0 aromatic rings. The van der Waals surface area contributed by atoms with E-state index in [0.717, 1.165) is 6.42 Å². The Balaban J connectivity index is 2.11. The fraction of sp³-hybridized carbons (Fsp3) is 0.833. The molecule has 2 heteroatoms. The third-order valence-electron chi connectivity index (χ3n) is 2.18. The number of rotatable bonds is 0. The highest BCUT2D eigenvalue weighted by Crippen LogP contribution is 2.31. The molecule has 1 amide bonds. The Morgan fingerprint density at radius 3 is 2.88 bits per heavy atom. The second-order valence-corrected chi connectivity index (χ2v) is 2.65. The minimum atomic E-state index is 0.285. The van der Waals surface area contributed by atoms with Gasteiger partial charge in [0, 0.05) is 6.04 Å². The van der Waals surface area contributed by atoms with Gasteiger partial charge < -0.3 is 5.32 Å². The second kappa shape index (κ2) is 1.24. The van der Waals surface area contributed by atoms with Gasteiger partial charge in [0.2, 0.25) is 5.91 Å². The average molecular weight is 111 g/mol. The Morgan fingerprint density at radius 1 is 1.50 bits per heavy atom. The Morgan fingerprint density at radius 2 is 2.38 bits per heavy atom. The predicted octanol–water partition coefficient (Wildman–Crippen LogP) is 0.285. The van der Waals surface area contributed by atoms with Crippen LogP contribution in [0.25, 0.3) is 0 Å². The van der Waals surface area contributed by atoms with Crippen LogP contribution in [0.3, 0.4) is 0 Å². The number of hydrogen-bond donors (Lipinski definition) is 1. The van der Waals surface area contributed by atoms with E-state index >= 15 is 0 Å². The van der Waals surface area contributed by atoms with Crippen molar-refractivity contribution >= 4 is 5.91 Å². The predicted molar refractivity (Wildman–Crippen MR) is 29.3 cm³/mol. The van der Waals surface area contributed by atoms with E-state index in [1.807, 2.05) is 0 Å². The van der Waals surface area contributed by atoms with Crippen molar-refractivity contribution < 1.29 is 4.79 Å². The molecule has 0 bridgehead atoms. The summed E-state index contributed by atoms with van der Waals surface area (Å²) in [5, 5.41) is 2.87. The van der Waals surface area contributed by atoms with E-state index in [0.29, 0.717) is 12.0 Å². The number of hydrogen-bond acceptors (Lipinski definition) is 1. The lowest BCUT2D eigenvalue weighted by Gasteiger charge is -2.30. The van der Waals surface area contributed by atoms with Crippen LogP contribution in [0.15, 0.2) is 0 Å². The molecule has 1 aliphatic carbocycles. The standard InChI is InChI=1S/C6H9NO/c8-6-4-2-1-3-5(4)7-6/h4-5H,1-3H2,(H,7,8)/t4-,5+/m0/s1. The molecule has 0 aromatic carbocycles.